The zero-order valence-corrected chi connectivity index (χ0v) is 6.57. The third-order valence-electron chi connectivity index (χ3n) is 1.43. The molecule has 0 spiro atoms. The van der Waals surface area contributed by atoms with Crippen LogP contribution in [0.25, 0.3) is 0 Å². The van der Waals surface area contributed by atoms with Gasteiger partial charge in [-0.05, 0) is 5.56 Å². The van der Waals surface area contributed by atoms with E-state index < -0.39 is 6.10 Å². The minimum Gasteiger partial charge on any atom is -0.384 e. The van der Waals surface area contributed by atoms with Crippen LogP contribution in [0.1, 0.15) is 11.7 Å². The van der Waals surface area contributed by atoms with E-state index in [1.165, 1.54) is 0 Å². The van der Waals surface area contributed by atoms with E-state index in [-0.39, 0.29) is 6.61 Å². The molecule has 12 heavy (non-hydrogen) atoms. The Bertz CT molecular complexity index is 282. The van der Waals surface area contributed by atoms with Gasteiger partial charge in [0.05, 0.1) is 0 Å². The average Bonchev–Trinajstić information content (AvgIpc) is 2.15. The number of benzene rings is 1. The topological polar surface area (TPSA) is 40.5 Å². The third-order valence-corrected chi connectivity index (χ3v) is 1.43. The van der Waals surface area contributed by atoms with E-state index >= 15 is 0 Å². The van der Waals surface area contributed by atoms with Gasteiger partial charge in [-0.1, -0.05) is 42.2 Å². The first-order chi connectivity index (χ1) is 5.84. The number of hydrogen-bond acceptors (Lipinski definition) is 2. The summed E-state index contributed by atoms with van der Waals surface area (Å²) in [6.07, 6.45) is -0.793. The van der Waals surface area contributed by atoms with Gasteiger partial charge in [-0.25, -0.2) is 0 Å². The van der Waals surface area contributed by atoms with Gasteiger partial charge in [0.15, 0.2) is 0 Å². The lowest BCUT2D eigenvalue weighted by atomic mass is 10.1. The third kappa shape index (κ3) is 2.39. The predicted molar refractivity (Wildman–Crippen MR) is 46.3 cm³/mol. The van der Waals surface area contributed by atoms with Gasteiger partial charge in [-0.3, -0.25) is 0 Å². The zero-order chi connectivity index (χ0) is 8.81. The second kappa shape index (κ2) is 4.55. The summed E-state index contributed by atoms with van der Waals surface area (Å²) in [4.78, 5) is 0. The Hall–Kier alpha value is -1.30. The first-order valence-electron chi connectivity index (χ1n) is 3.67. The van der Waals surface area contributed by atoms with Crippen LogP contribution in [-0.4, -0.2) is 16.8 Å². The van der Waals surface area contributed by atoms with Gasteiger partial charge in [-0.2, -0.15) is 0 Å². The smallest absolute Gasteiger partial charge is 0.140 e. The van der Waals surface area contributed by atoms with E-state index in [1.54, 1.807) is 12.1 Å². The second-order valence-electron chi connectivity index (χ2n) is 2.29. The molecule has 0 aliphatic rings. The van der Waals surface area contributed by atoms with E-state index in [1.807, 2.05) is 18.2 Å². The summed E-state index contributed by atoms with van der Waals surface area (Å²) in [5.74, 6) is 4.91. The molecule has 1 rings (SSSR count). The van der Waals surface area contributed by atoms with Crippen molar-refractivity contribution in [2.45, 2.75) is 6.10 Å². The summed E-state index contributed by atoms with van der Waals surface area (Å²) in [5.41, 5.74) is 0.749. The first kappa shape index (κ1) is 8.79. The van der Waals surface area contributed by atoms with Crippen molar-refractivity contribution in [2.24, 2.45) is 0 Å². The summed E-state index contributed by atoms with van der Waals surface area (Å²) < 4.78 is 0. The van der Waals surface area contributed by atoms with Crippen LogP contribution < -0.4 is 0 Å². The van der Waals surface area contributed by atoms with Crippen LogP contribution in [0.3, 0.4) is 0 Å². The van der Waals surface area contributed by atoms with Crippen LogP contribution in [0.15, 0.2) is 30.3 Å². The van der Waals surface area contributed by atoms with Gasteiger partial charge in [-0.15, -0.1) is 0 Å². The van der Waals surface area contributed by atoms with Crippen molar-refractivity contribution < 1.29 is 10.2 Å². The van der Waals surface area contributed by atoms with E-state index in [0.29, 0.717) is 0 Å². The maximum Gasteiger partial charge on any atom is 0.140 e. The molecule has 0 saturated carbocycles. The molecule has 2 heteroatoms. The van der Waals surface area contributed by atoms with Crippen LogP contribution >= 0.6 is 0 Å². The molecule has 0 aromatic heterocycles. The molecular formula is C10H10O2. The van der Waals surface area contributed by atoms with Crippen molar-refractivity contribution in [2.75, 3.05) is 6.61 Å². The highest BCUT2D eigenvalue weighted by molar-refractivity contribution is 5.24. The highest BCUT2D eigenvalue weighted by atomic mass is 16.3. The summed E-state index contributed by atoms with van der Waals surface area (Å²) in [6, 6.07) is 9.11. The van der Waals surface area contributed by atoms with Gasteiger partial charge in [0.2, 0.25) is 0 Å². The van der Waals surface area contributed by atoms with Gasteiger partial charge in [0.1, 0.15) is 12.7 Å². The van der Waals surface area contributed by atoms with Crippen molar-refractivity contribution in [3.63, 3.8) is 0 Å². The zero-order valence-electron chi connectivity index (χ0n) is 6.57. The van der Waals surface area contributed by atoms with Crippen molar-refractivity contribution >= 4 is 0 Å². The van der Waals surface area contributed by atoms with Crippen molar-refractivity contribution in [3.05, 3.63) is 35.9 Å². The lowest BCUT2D eigenvalue weighted by Gasteiger charge is -2.01. The molecule has 0 bridgehead atoms. The monoisotopic (exact) mass is 162 g/mol. The van der Waals surface area contributed by atoms with Crippen LogP contribution in [-0.2, 0) is 0 Å². The molecule has 0 aliphatic carbocycles. The molecular weight excluding hydrogens is 152 g/mol. The molecule has 0 amide bonds. The van der Waals surface area contributed by atoms with E-state index in [9.17, 15) is 5.11 Å². The Balaban J connectivity index is 2.72. The van der Waals surface area contributed by atoms with Gasteiger partial charge < -0.3 is 10.2 Å². The first-order valence-corrected chi connectivity index (χ1v) is 3.67. The number of aliphatic hydroxyl groups is 2. The summed E-state index contributed by atoms with van der Waals surface area (Å²) in [6.45, 7) is -0.218. The average molecular weight is 162 g/mol. The molecule has 0 aliphatic heterocycles. The lowest BCUT2D eigenvalue weighted by Crippen LogP contribution is -1.92. The van der Waals surface area contributed by atoms with Crippen LogP contribution in [0, 0.1) is 11.8 Å². The molecule has 0 fully saturated rings. The standard InChI is InChI=1S/C10H10O2/c11-8-4-7-10(12)9-5-2-1-3-6-9/h1-3,5-6,10-12H,8H2/t10-/m0/s1. The molecule has 2 N–H and O–H groups in total. The molecule has 1 aromatic rings. The van der Waals surface area contributed by atoms with Gasteiger partial charge in [0.25, 0.3) is 0 Å². The minimum atomic E-state index is -0.793. The quantitative estimate of drug-likeness (QED) is 0.597. The predicted octanol–water partition coefficient (Wildman–Crippen LogP) is 0.716. The molecule has 0 heterocycles. The van der Waals surface area contributed by atoms with Crippen molar-refractivity contribution in [1.29, 1.82) is 0 Å². The number of aliphatic hydroxyl groups excluding tert-OH is 2. The molecule has 62 valence electrons. The fourth-order valence-electron chi connectivity index (χ4n) is 0.861. The number of rotatable bonds is 1. The van der Waals surface area contributed by atoms with E-state index in [0.717, 1.165) is 5.56 Å². The lowest BCUT2D eigenvalue weighted by molar-refractivity contribution is 0.237. The highest BCUT2D eigenvalue weighted by Gasteiger charge is 1.99. The van der Waals surface area contributed by atoms with Crippen LogP contribution in [0.4, 0.5) is 0 Å². The van der Waals surface area contributed by atoms with Gasteiger partial charge >= 0.3 is 0 Å². The molecule has 0 saturated heterocycles. The Morgan fingerprint density at radius 2 is 1.92 bits per heavy atom. The summed E-state index contributed by atoms with van der Waals surface area (Å²) >= 11 is 0. The molecule has 0 unspecified atom stereocenters. The maximum atomic E-state index is 9.37. The highest BCUT2D eigenvalue weighted by Crippen LogP contribution is 2.09. The van der Waals surface area contributed by atoms with Crippen LogP contribution in [0.2, 0.25) is 0 Å². The Morgan fingerprint density at radius 1 is 1.25 bits per heavy atom. The van der Waals surface area contributed by atoms with Crippen molar-refractivity contribution in [1.82, 2.24) is 0 Å². The Kier molecular flexibility index (Phi) is 3.34. The molecule has 2 nitrogen and oxygen atoms in total. The largest absolute Gasteiger partial charge is 0.384 e. The fraction of sp³-hybridized carbons (Fsp3) is 0.200. The second-order valence-corrected chi connectivity index (χ2v) is 2.29. The summed E-state index contributed by atoms with van der Waals surface area (Å²) in [5, 5.41) is 17.7. The summed E-state index contributed by atoms with van der Waals surface area (Å²) in [7, 11) is 0. The van der Waals surface area contributed by atoms with E-state index in [4.69, 9.17) is 5.11 Å². The van der Waals surface area contributed by atoms with Gasteiger partial charge in [0, 0.05) is 0 Å². The van der Waals surface area contributed by atoms with E-state index in [2.05, 4.69) is 11.8 Å². The van der Waals surface area contributed by atoms with Crippen LogP contribution in [0.5, 0.6) is 0 Å². The fourth-order valence-corrected chi connectivity index (χ4v) is 0.861. The minimum absolute atomic E-state index is 0.218. The van der Waals surface area contributed by atoms with Crippen molar-refractivity contribution in [3.8, 4) is 11.8 Å². The Labute approximate surface area is 71.5 Å². The maximum absolute atomic E-state index is 9.37. The Morgan fingerprint density at radius 3 is 2.50 bits per heavy atom. The molecule has 1 atom stereocenters. The SMILES string of the molecule is OCC#C[C@H](O)c1ccccc1. The normalized spacial score (nSPS) is 11.5. The molecule has 1 aromatic carbocycles. The number of hydrogen-bond donors (Lipinski definition) is 2. The molecule has 0 radical (unpaired) electrons.